The van der Waals surface area contributed by atoms with Gasteiger partial charge in [-0.25, -0.2) is 9.78 Å². The molecule has 0 N–H and O–H groups in total. The Morgan fingerprint density at radius 1 is 1.27 bits per heavy atom. The number of pyridine rings is 1. The van der Waals surface area contributed by atoms with E-state index in [0.717, 1.165) is 24.0 Å². The van der Waals surface area contributed by atoms with Crippen LogP contribution in [0.2, 0.25) is 5.15 Å². The van der Waals surface area contributed by atoms with Crippen LogP contribution < -0.4 is 0 Å². The van der Waals surface area contributed by atoms with Crippen LogP contribution in [-0.2, 0) is 11.3 Å². The molecule has 1 aliphatic heterocycles. The van der Waals surface area contributed by atoms with E-state index in [1.807, 2.05) is 36.4 Å². The van der Waals surface area contributed by atoms with Gasteiger partial charge in [-0.15, -0.1) is 0 Å². The number of likely N-dealkylation sites (tertiary alicyclic amines) is 1. The van der Waals surface area contributed by atoms with Crippen molar-refractivity contribution in [2.45, 2.75) is 25.5 Å². The zero-order valence-corrected chi connectivity index (χ0v) is 12.9. The van der Waals surface area contributed by atoms with Crippen LogP contribution in [0.5, 0.6) is 0 Å². The number of hydrogen-bond donors (Lipinski definition) is 0. The molecule has 1 aliphatic rings. The Kier molecular flexibility index (Phi) is 4.59. The molecule has 1 atom stereocenters. The Morgan fingerprint density at radius 2 is 2.09 bits per heavy atom. The van der Waals surface area contributed by atoms with Gasteiger partial charge < -0.3 is 9.64 Å². The van der Waals surface area contributed by atoms with Crippen molar-refractivity contribution in [1.29, 1.82) is 0 Å². The minimum Gasteiger partial charge on any atom is -0.445 e. The van der Waals surface area contributed by atoms with E-state index in [9.17, 15) is 4.79 Å². The number of halogens is 1. The van der Waals surface area contributed by atoms with Crippen LogP contribution in [0.15, 0.2) is 48.7 Å². The summed E-state index contributed by atoms with van der Waals surface area (Å²) < 4.78 is 5.43. The minimum atomic E-state index is -0.277. The third-order valence-corrected chi connectivity index (χ3v) is 4.05. The molecule has 22 heavy (non-hydrogen) atoms. The summed E-state index contributed by atoms with van der Waals surface area (Å²) in [5.74, 6) is 0. The Balaban J connectivity index is 1.65. The molecule has 1 amide bonds. The standard InChI is InChI=1S/C17H17ClN2O2/c18-16-9-8-14(11-19-16)15-7-4-10-20(15)17(21)22-12-13-5-2-1-3-6-13/h1-3,5-6,8-9,11,15H,4,7,10,12H2/t15-/m0/s1. The van der Waals surface area contributed by atoms with Gasteiger partial charge in [-0.05, 0) is 30.0 Å². The zero-order chi connectivity index (χ0) is 15.4. The van der Waals surface area contributed by atoms with Gasteiger partial charge in [0.05, 0.1) is 6.04 Å². The van der Waals surface area contributed by atoms with E-state index in [-0.39, 0.29) is 12.1 Å². The highest BCUT2D eigenvalue weighted by Gasteiger charge is 2.31. The number of carbonyl (C=O) groups is 1. The molecule has 2 aromatic rings. The Bertz CT molecular complexity index is 631. The monoisotopic (exact) mass is 316 g/mol. The molecule has 1 fully saturated rings. The lowest BCUT2D eigenvalue weighted by Crippen LogP contribution is -2.31. The van der Waals surface area contributed by atoms with Gasteiger partial charge in [0.15, 0.2) is 0 Å². The maximum Gasteiger partial charge on any atom is 0.410 e. The van der Waals surface area contributed by atoms with Gasteiger partial charge >= 0.3 is 6.09 Å². The predicted molar refractivity (Wildman–Crippen MR) is 84.6 cm³/mol. The van der Waals surface area contributed by atoms with Crippen molar-refractivity contribution in [3.8, 4) is 0 Å². The zero-order valence-electron chi connectivity index (χ0n) is 12.1. The van der Waals surface area contributed by atoms with Crippen molar-refractivity contribution in [1.82, 2.24) is 9.88 Å². The summed E-state index contributed by atoms with van der Waals surface area (Å²) in [7, 11) is 0. The van der Waals surface area contributed by atoms with E-state index in [1.54, 1.807) is 17.2 Å². The third-order valence-electron chi connectivity index (χ3n) is 3.83. The van der Waals surface area contributed by atoms with E-state index < -0.39 is 0 Å². The summed E-state index contributed by atoms with van der Waals surface area (Å²) in [5, 5.41) is 0.458. The maximum absolute atomic E-state index is 12.3. The minimum absolute atomic E-state index is 0.0213. The number of nitrogens with zero attached hydrogens (tertiary/aromatic N) is 2. The highest BCUT2D eigenvalue weighted by Crippen LogP contribution is 2.32. The number of benzene rings is 1. The van der Waals surface area contributed by atoms with Gasteiger partial charge in [-0.2, -0.15) is 0 Å². The van der Waals surface area contributed by atoms with Gasteiger partial charge in [-0.1, -0.05) is 48.0 Å². The SMILES string of the molecule is O=C(OCc1ccccc1)N1CCC[C@H]1c1ccc(Cl)nc1. The van der Waals surface area contributed by atoms with Gasteiger partial charge in [0.25, 0.3) is 0 Å². The molecule has 0 saturated carbocycles. The topological polar surface area (TPSA) is 42.4 Å². The largest absolute Gasteiger partial charge is 0.445 e. The second-order valence-corrected chi connectivity index (χ2v) is 5.69. The van der Waals surface area contributed by atoms with Crippen molar-refractivity contribution < 1.29 is 9.53 Å². The second kappa shape index (κ2) is 6.79. The Morgan fingerprint density at radius 3 is 2.82 bits per heavy atom. The summed E-state index contributed by atoms with van der Waals surface area (Å²) in [4.78, 5) is 18.2. The van der Waals surface area contributed by atoms with Crippen molar-refractivity contribution in [2.24, 2.45) is 0 Å². The highest BCUT2D eigenvalue weighted by molar-refractivity contribution is 6.29. The van der Waals surface area contributed by atoms with Crippen molar-refractivity contribution in [3.05, 3.63) is 64.9 Å². The average molecular weight is 317 g/mol. The molecule has 0 bridgehead atoms. The third kappa shape index (κ3) is 3.39. The van der Waals surface area contributed by atoms with Gasteiger partial charge in [-0.3, -0.25) is 0 Å². The number of amides is 1. The first kappa shape index (κ1) is 14.9. The predicted octanol–water partition coefficient (Wildman–Crippen LogP) is 4.21. The fraction of sp³-hybridized carbons (Fsp3) is 0.294. The van der Waals surface area contributed by atoms with Crippen molar-refractivity contribution in [3.63, 3.8) is 0 Å². The van der Waals surface area contributed by atoms with Crippen molar-refractivity contribution in [2.75, 3.05) is 6.54 Å². The molecular formula is C17H17ClN2O2. The lowest BCUT2D eigenvalue weighted by molar-refractivity contribution is 0.0920. The summed E-state index contributed by atoms with van der Waals surface area (Å²) in [6, 6.07) is 13.4. The van der Waals surface area contributed by atoms with E-state index in [1.165, 1.54) is 0 Å². The van der Waals surface area contributed by atoms with E-state index in [4.69, 9.17) is 16.3 Å². The number of aromatic nitrogens is 1. The van der Waals surface area contributed by atoms with Crippen molar-refractivity contribution >= 4 is 17.7 Å². The molecular weight excluding hydrogens is 300 g/mol. The van der Waals surface area contributed by atoms with E-state index >= 15 is 0 Å². The first-order chi connectivity index (χ1) is 10.7. The average Bonchev–Trinajstić information content (AvgIpc) is 3.04. The van der Waals surface area contributed by atoms with Crippen LogP contribution in [0, 0.1) is 0 Å². The maximum atomic E-state index is 12.3. The summed E-state index contributed by atoms with van der Waals surface area (Å²) >= 11 is 5.82. The molecule has 5 heteroatoms. The fourth-order valence-electron chi connectivity index (χ4n) is 2.72. The molecule has 2 heterocycles. The molecule has 0 spiro atoms. The number of carbonyl (C=O) groups excluding carboxylic acids is 1. The first-order valence-corrected chi connectivity index (χ1v) is 7.70. The molecule has 1 aromatic carbocycles. The van der Waals surface area contributed by atoms with Gasteiger partial charge in [0, 0.05) is 12.7 Å². The second-order valence-electron chi connectivity index (χ2n) is 5.31. The summed E-state index contributed by atoms with van der Waals surface area (Å²) in [5.41, 5.74) is 1.98. The molecule has 114 valence electrons. The molecule has 4 nitrogen and oxygen atoms in total. The van der Waals surface area contributed by atoms with Crippen LogP contribution in [0.4, 0.5) is 4.79 Å². The van der Waals surface area contributed by atoms with Crippen LogP contribution in [-0.4, -0.2) is 22.5 Å². The normalized spacial score (nSPS) is 17.5. The van der Waals surface area contributed by atoms with Crippen LogP contribution in [0.1, 0.15) is 30.0 Å². The number of rotatable bonds is 3. The van der Waals surface area contributed by atoms with Crippen LogP contribution in [0.3, 0.4) is 0 Å². The summed E-state index contributed by atoms with van der Waals surface area (Å²) in [6.45, 7) is 1.00. The first-order valence-electron chi connectivity index (χ1n) is 7.33. The molecule has 1 aromatic heterocycles. The molecule has 0 unspecified atom stereocenters. The highest BCUT2D eigenvalue weighted by atomic mass is 35.5. The Labute approximate surface area is 134 Å². The van der Waals surface area contributed by atoms with Gasteiger partial charge in [0.1, 0.15) is 11.8 Å². The molecule has 0 aliphatic carbocycles. The van der Waals surface area contributed by atoms with Crippen LogP contribution >= 0.6 is 11.6 Å². The van der Waals surface area contributed by atoms with Crippen LogP contribution in [0.25, 0.3) is 0 Å². The fourth-order valence-corrected chi connectivity index (χ4v) is 2.83. The van der Waals surface area contributed by atoms with E-state index in [0.29, 0.717) is 18.3 Å². The lowest BCUT2D eigenvalue weighted by Gasteiger charge is -2.24. The summed E-state index contributed by atoms with van der Waals surface area (Å²) in [6.07, 6.45) is 3.34. The quantitative estimate of drug-likeness (QED) is 0.797. The lowest BCUT2D eigenvalue weighted by atomic mass is 10.1. The molecule has 3 rings (SSSR count). The van der Waals surface area contributed by atoms with E-state index in [2.05, 4.69) is 4.98 Å². The smallest absolute Gasteiger partial charge is 0.410 e. The molecule has 1 saturated heterocycles. The number of hydrogen-bond acceptors (Lipinski definition) is 3. The molecule has 0 radical (unpaired) electrons. The van der Waals surface area contributed by atoms with Gasteiger partial charge in [0.2, 0.25) is 0 Å². The Hall–Kier alpha value is -2.07. The number of ether oxygens (including phenoxy) is 1.